The predicted octanol–water partition coefficient (Wildman–Crippen LogP) is 3.54. The summed E-state index contributed by atoms with van der Waals surface area (Å²) >= 11 is 0. The Balaban J connectivity index is 1.67. The van der Waals surface area contributed by atoms with Crippen molar-refractivity contribution in [3.63, 3.8) is 0 Å². The number of methoxy groups -OCH3 is 1. The second-order valence-electron chi connectivity index (χ2n) is 5.85. The van der Waals surface area contributed by atoms with E-state index in [-0.39, 0.29) is 12.5 Å². The summed E-state index contributed by atoms with van der Waals surface area (Å²) in [7, 11) is 1.60. The fraction of sp³-hybridized carbons (Fsp3) is 0.316. The van der Waals surface area contributed by atoms with E-state index >= 15 is 0 Å². The van der Waals surface area contributed by atoms with E-state index in [9.17, 15) is 4.79 Å². The first kappa shape index (κ1) is 17.7. The summed E-state index contributed by atoms with van der Waals surface area (Å²) in [4.78, 5) is 16.6. The number of hydrogen-bond acceptors (Lipinski definition) is 6. The number of hydrogen-bond donors (Lipinski definition) is 0. The van der Waals surface area contributed by atoms with Gasteiger partial charge in [-0.3, -0.25) is 0 Å². The molecule has 0 N–H and O–H groups in total. The van der Waals surface area contributed by atoms with E-state index in [1.165, 1.54) is 0 Å². The van der Waals surface area contributed by atoms with Crippen LogP contribution < -0.4 is 4.74 Å². The smallest absolute Gasteiger partial charge is 0.340 e. The van der Waals surface area contributed by atoms with Crippen molar-refractivity contribution in [3.05, 3.63) is 53.2 Å². The van der Waals surface area contributed by atoms with Crippen LogP contribution in [-0.4, -0.2) is 27.8 Å². The first-order chi connectivity index (χ1) is 12.5. The molecule has 0 bridgehead atoms. The zero-order chi connectivity index (χ0) is 18.7. The number of nitrogens with zero attached hydrogens (tertiary/aromatic N) is 3. The van der Waals surface area contributed by atoms with Crippen LogP contribution in [0, 0.1) is 13.8 Å². The predicted molar refractivity (Wildman–Crippen MR) is 95.0 cm³/mol. The van der Waals surface area contributed by atoms with Gasteiger partial charge in [0.25, 0.3) is 5.89 Å². The molecule has 7 nitrogen and oxygen atoms in total. The largest absolute Gasteiger partial charge is 0.497 e. The van der Waals surface area contributed by atoms with Gasteiger partial charge in [0.1, 0.15) is 5.75 Å². The highest BCUT2D eigenvalue weighted by molar-refractivity contribution is 5.91. The third-order valence-electron chi connectivity index (χ3n) is 4.25. The number of benzene rings is 1. The summed E-state index contributed by atoms with van der Waals surface area (Å²) in [5.74, 6) is 1.02. The molecule has 0 aliphatic carbocycles. The van der Waals surface area contributed by atoms with E-state index in [0.29, 0.717) is 11.4 Å². The van der Waals surface area contributed by atoms with Crippen LogP contribution in [0.15, 0.2) is 34.9 Å². The Morgan fingerprint density at radius 2 is 1.96 bits per heavy atom. The molecule has 2 aromatic heterocycles. The van der Waals surface area contributed by atoms with Gasteiger partial charge >= 0.3 is 5.97 Å². The van der Waals surface area contributed by atoms with Crippen molar-refractivity contribution in [2.75, 3.05) is 7.11 Å². The third kappa shape index (κ3) is 3.46. The van der Waals surface area contributed by atoms with Gasteiger partial charge in [0.05, 0.1) is 12.7 Å². The van der Waals surface area contributed by atoms with Gasteiger partial charge in [-0.1, -0.05) is 5.16 Å². The number of rotatable bonds is 6. The summed E-state index contributed by atoms with van der Waals surface area (Å²) < 4.78 is 17.7. The molecule has 2 heterocycles. The topological polar surface area (TPSA) is 79.4 Å². The van der Waals surface area contributed by atoms with Gasteiger partial charge < -0.3 is 18.6 Å². The van der Waals surface area contributed by atoms with Crippen molar-refractivity contribution in [2.45, 2.75) is 33.9 Å². The Kier molecular flexibility index (Phi) is 5.06. The van der Waals surface area contributed by atoms with Gasteiger partial charge in [-0.05, 0) is 51.1 Å². The standard InChI is InChI=1S/C19H21N3O4/c1-5-22-12(2)10-16(13(22)3)19(23)25-11-17-20-18(21-26-17)14-6-8-15(24-4)9-7-14/h6-10H,5,11H2,1-4H3. The molecule has 136 valence electrons. The van der Waals surface area contributed by atoms with Crippen LogP contribution in [0.1, 0.15) is 34.6 Å². The fourth-order valence-electron chi connectivity index (χ4n) is 2.87. The molecule has 0 spiro atoms. The molecule has 0 saturated heterocycles. The van der Waals surface area contributed by atoms with E-state index in [1.807, 2.05) is 51.1 Å². The van der Waals surface area contributed by atoms with Crippen LogP contribution in [0.25, 0.3) is 11.4 Å². The van der Waals surface area contributed by atoms with E-state index in [2.05, 4.69) is 14.7 Å². The molecule has 0 unspecified atom stereocenters. The van der Waals surface area contributed by atoms with E-state index in [1.54, 1.807) is 7.11 Å². The normalized spacial score (nSPS) is 10.8. The maximum Gasteiger partial charge on any atom is 0.340 e. The molecule has 0 radical (unpaired) electrons. The van der Waals surface area contributed by atoms with Gasteiger partial charge in [-0.25, -0.2) is 4.79 Å². The van der Waals surface area contributed by atoms with Crippen molar-refractivity contribution in [1.29, 1.82) is 0 Å². The molecule has 0 amide bonds. The molecule has 1 aromatic carbocycles. The number of ether oxygens (including phenoxy) is 2. The van der Waals surface area contributed by atoms with Gasteiger partial charge in [0.15, 0.2) is 6.61 Å². The average molecular weight is 355 g/mol. The van der Waals surface area contributed by atoms with Gasteiger partial charge in [0.2, 0.25) is 5.82 Å². The summed E-state index contributed by atoms with van der Waals surface area (Å²) in [5.41, 5.74) is 3.26. The Bertz CT molecular complexity index is 910. The molecule has 3 rings (SSSR count). The molecule has 3 aromatic rings. The Hall–Kier alpha value is -3.09. The minimum Gasteiger partial charge on any atom is -0.497 e. The second-order valence-corrected chi connectivity index (χ2v) is 5.85. The maximum atomic E-state index is 12.3. The minimum atomic E-state index is -0.401. The maximum absolute atomic E-state index is 12.3. The summed E-state index contributed by atoms with van der Waals surface area (Å²) in [6, 6.07) is 9.12. The lowest BCUT2D eigenvalue weighted by Crippen LogP contribution is -2.07. The van der Waals surface area contributed by atoms with Crippen molar-refractivity contribution >= 4 is 5.97 Å². The monoisotopic (exact) mass is 355 g/mol. The van der Waals surface area contributed by atoms with Crippen molar-refractivity contribution < 1.29 is 18.8 Å². The zero-order valence-electron chi connectivity index (χ0n) is 15.3. The van der Waals surface area contributed by atoms with E-state index in [0.717, 1.165) is 29.2 Å². The Morgan fingerprint density at radius 3 is 2.58 bits per heavy atom. The molecule has 0 fully saturated rings. The molecular formula is C19H21N3O4. The van der Waals surface area contributed by atoms with Crippen LogP contribution in [0.4, 0.5) is 0 Å². The number of carbonyl (C=O) groups excluding carboxylic acids is 1. The van der Waals surface area contributed by atoms with Crippen molar-refractivity contribution in [2.24, 2.45) is 0 Å². The highest BCUT2D eigenvalue weighted by Gasteiger charge is 2.18. The van der Waals surface area contributed by atoms with E-state index in [4.69, 9.17) is 14.0 Å². The average Bonchev–Trinajstić information content (AvgIpc) is 3.24. The highest BCUT2D eigenvalue weighted by atomic mass is 16.6. The van der Waals surface area contributed by atoms with Crippen molar-refractivity contribution in [1.82, 2.24) is 14.7 Å². The molecule has 0 atom stereocenters. The molecule has 26 heavy (non-hydrogen) atoms. The fourth-order valence-corrected chi connectivity index (χ4v) is 2.87. The summed E-state index contributed by atoms with van der Waals surface area (Å²) in [6.07, 6.45) is 0. The molecule has 7 heteroatoms. The third-order valence-corrected chi connectivity index (χ3v) is 4.25. The number of aromatic nitrogens is 3. The molecular weight excluding hydrogens is 334 g/mol. The minimum absolute atomic E-state index is 0.0716. The lowest BCUT2D eigenvalue weighted by atomic mass is 10.2. The Morgan fingerprint density at radius 1 is 1.23 bits per heavy atom. The second kappa shape index (κ2) is 7.43. The van der Waals surface area contributed by atoms with Crippen LogP contribution in [0.2, 0.25) is 0 Å². The lowest BCUT2D eigenvalue weighted by Gasteiger charge is -2.05. The first-order valence-electron chi connectivity index (χ1n) is 8.34. The van der Waals surface area contributed by atoms with E-state index < -0.39 is 5.97 Å². The van der Waals surface area contributed by atoms with Gasteiger partial charge in [-0.15, -0.1) is 0 Å². The lowest BCUT2D eigenvalue weighted by molar-refractivity contribution is 0.0429. The number of carbonyl (C=O) groups is 1. The zero-order valence-corrected chi connectivity index (χ0v) is 15.3. The summed E-state index contributed by atoms with van der Waals surface area (Å²) in [5, 5.41) is 3.92. The van der Waals surface area contributed by atoms with Crippen molar-refractivity contribution in [3.8, 4) is 17.1 Å². The van der Waals surface area contributed by atoms with Crippen LogP contribution >= 0.6 is 0 Å². The van der Waals surface area contributed by atoms with Gasteiger partial charge in [0, 0.05) is 23.5 Å². The van der Waals surface area contributed by atoms with Crippen LogP contribution in [-0.2, 0) is 17.9 Å². The van der Waals surface area contributed by atoms with Crippen LogP contribution in [0.5, 0.6) is 5.75 Å². The number of esters is 1. The van der Waals surface area contributed by atoms with Gasteiger partial charge in [-0.2, -0.15) is 4.98 Å². The highest BCUT2D eigenvalue weighted by Crippen LogP contribution is 2.20. The quantitative estimate of drug-likeness (QED) is 0.629. The SMILES string of the molecule is CCn1c(C)cc(C(=O)OCc2nc(-c3ccc(OC)cc3)no2)c1C. The number of aryl methyl sites for hydroxylation is 1. The molecule has 0 aliphatic rings. The first-order valence-corrected chi connectivity index (χ1v) is 8.34. The Labute approximate surface area is 151 Å². The van der Waals surface area contributed by atoms with Crippen LogP contribution in [0.3, 0.4) is 0 Å². The molecule has 0 aliphatic heterocycles. The summed E-state index contributed by atoms with van der Waals surface area (Å²) in [6.45, 7) is 6.64. The molecule has 0 saturated carbocycles.